The Morgan fingerprint density at radius 2 is 2.00 bits per heavy atom. The quantitative estimate of drug-likeness (QED) is 0.729. The Morgan fingerprint density at radius 1 is 1.44 bits per heavy atom. The van der Waals surface area contributed by atoms with Crippen molar-refractivity contribution in [2.45, 2.75) is 39.0 Å². The van der Waals surface area contributed by atoms with Gasteiger partial charge < -0.3 is 14.2 Å². The Labute approximate surface area is 95.7 Å². The van der Waals surface area contributed by atoms with Crippen molar-refractivity contribution in [3.05, 3.63) is 0 Å². The van der Waals surface area contributed by atoms with Gasteiger partial charge in [0.25, 0.3) is 0 Å². The summed E-state index contributed by atoms with van der Waals surface area (Å²) < 4.78 is 22.2. The highest BCUT2D eigenvalue weighted by Crippen LogP contribution is 2.56. The summed E-state index contributed by atoms with van der Waals surface area (Å²) in [5.74, 6) is -1.96. The van der Waals surface area contributed by atoms with Crippen molar-refractivity contribution in [3.8, 4) is 0 Å². The summed E-state index contributed by atoms with van der Waals surface area (Å²) in [4.78, 5) is 11.5. The smallest absolute Gasteiger partial charge is 0.359 e. The SMILES string of the molecule is CCOP(=O)(OCC)[C@H](O)[C@H]1CCCC1=O. The number of Topliss-reactive ketones (excluding diaryl/α,β-unsaturated/α-hetero) is 1. The molecule has 1 saturated carbocycles. The van der Waals surface area contributed by atoms with E-state index in [-0.39, 0.29) is 19.0 Å². The molecule has 0 amide bonds. The molecule has 1 aliphatic rings. The molecule has 0 aromatic carbocycles. The fourth-order valence-electron chi connectivity index (χ4n) is 1.93. The summed E-state index contributed by atoms with van der Waals surface area (Å²) >= 11 is 0. The van der Waals surface area contributed by atoms with Gasteiger partial charge in [0.15, 0.2) is 5.85 Å². The molecule has 0 unspecified atom stereocenters. The second-order valence-electron chi connectivity index (χ2n) is 3.75. The summed E-state index contributed by atoms with van der Waals surface area (Å²) in [7, 11) is -3.56. The van der Waals surface area contributed by atoms with Crippen molar-refractivity contribution in [3.63, 3.8) is 0 Å². The minimum Gasteiger partial charge on any atom is -0.380 e. The van der Waals surface area contributed by atoms with E-state index in [2.05, 4.69) is 0 Å². The van der Waals surface area contributed by atoms with Crippen LogP contribution >= 0.6 is 7.60 Å². The number of hydrogen-bond acceptors (Lipinski definition) is 5. The van der Waals surface area contributed by atoms with Crippen LogP contribution in [0.25, 0.3) is 0 Å². The minimum absolute atomic E-state index is 0.0490. The number of hydrogen-bond donors (Lipinski definition) is 1. The number of carbonyl (C=O) groups excluding carboxylic acids is 1. The van der Waals surface area contributed by atoms with Crippen LogP contribution in [0.2, 0.25) is 0 Å². The fraction of sp³-hybridized carbons (Fsp3) is 0.900. The number of ketones is 1. The van der Waals surface area contributed by atoms with Crippen LogP contribution in [-0.4, -0.2) is 29.9 Å². The molecule has 1 N–H and O–H groups in total. The lowest BCUT2D eigenvalue weighted by Gasteiger charge is -2.25. The van der Waals surface area contributed by atoms with Crippen molar-refractivity contribution in [2.24, 2.45) is 5.92 Å². The lowest BCUT2D eigenvalue weighted by Crippen LogP contribution is -2.26. The molecule has 0 aromatic rings. The molecular weight excluding hydrogens is 231 g/mol. The molecular formula is C10H19O5P. The first-order valence-electron chi connectivity index (χ1n) is 5.64. The summed E-state index contributed by atoms with van der Waals surface area (Å²) in [5, 5.41) is 9.97. The molecule has 5 nitrogen and oxygen atoms in total. The molecule has 0 saturated heterocycles. The number of rotatable bonds is 6. The third-order valence-electron chi connectivity index (χ3n) is 2.65. The van der Waals surface area contributed by atoms with Crippen molar-refractivity contribution >= 4 is 13.4 Å². The third kappa shape index (κ3) is 2.92. The van der Waals surface area contributed by atoms with E-state index in [9.17, 15) is 14.5 Å². The molecule has 0 aliphatic heterocycles. The molecule has 0 aromatic heterocycles. The van der Waals surface area contributed by atoms with Crippen LogP contribution in [0.1, 0.15) is 33.1 Å². The van der Waals surface area contributed by atoms with Crippen LogP contribution in [-0.2, 0) is 18.4 Å². The highest BCUT2D eigenvalue weighted by Gasteiger charge is 2.44. The van der Waals surface area contributed by atoms with Crippen LogP contribution in [0.3, 0.4) is 0 Å². The average molecular weight is 250 g/mol. The molecule has 0 heterocycles. The van der Waals surface area contributed by atoms with Crippen molar-refractivity contribution in [1.82, 2.24) is 0 Å². The van der Waals surface area contributed by atoms with E-state index in [0.717, 1.165) is 6.42 Å². The molecule has 16 heavy (non-hydrogen) atoms. The van der Waals surface area contributed by atoms with Crippen LogP contribution < -0.4 is 0 Å². The largest absolute Gasteiger partial charge is 0.380 e. The van der Waals surface area contributed by atoms with Gasteiger partial charge in [0.05, 0.1) is 19.1 Å². The zero-order valence-electron chi connectivity index (χ0n) is 9.72. The fourth-order valence-corrected chi connectivity index (χ4v) is 3.78. The van der Waals surface area contributed by atoms with Gasteiger partial charge in [-0.1, -0.05) is 0 Å². The summed E-state index contributed by atoms with van der Waals surface area (Å²) in [6.45, 7) is 3.73. The van der Waals surface area contributed by atoms with Crippen molar-refractivity contribution < 1.29 is 23.5 Å². The van der Waals surface area contributed by atoms with Gasteiger partial charge in [-0.3, -0.25) is 9.36 Å². The molecule has 0 spiro atoms. The van der Waals surface area contributed by atoms with E-state index >= 15 is 0 Å². The Bertz CT molecular complexity index is 281. The third-order valence-corrected chi connectivity index (χ3v) is 4.90. The molecule has 94 valence electrons. The predicted octanol–water partition coefficient (Wildman–Crippen LogP) is 1.94. The molecule has 0 bridgehead atoms. The van der Waals surface area contributed by atoms with Crippen LogP contribution in [0.5, 0.6) is 0 Å². The monoisotopic (exact) mass is 250 g/mol. The van der Waals surface area contributed by atoms with E-state index in [0.29, 0.717) is 12.8 Å². The average Bonchev–Trinajstić information content (AvgIpc) is 2.64. The van der Waals surface area contributed by atoms with E-state index in [4.69, 9.17) is 9.05 Å². The van der Waals surface area contributed by atoms with E-state index < -0.39 is 19.4 Å². The Balaban J connectivity index is 2.77. The normalized spacial score (nSPS) is 23.7. The first kappa shape index (κ1) is 13.8. The topological polar surface area (TPSA) is 72.8 Å². The van der Waals surface area contributed by atoms with Gasteiger partial charge in [-0.05, 0) is 26.7 Å². The first-order chi connectivity index (χ1) is 7.55. The Morgan fingerprint density at radius 3 is 2.38 bits per heavy atom. The highest BCUT2D eigenvalue weighted by molar-refractivity contribution is 7.54. The number of aliphatic hydroxyl groups is 1. The van der Waals surface area contributed by atoms with Gasteiger partial charge in [0.2, 0.25) is 0 Å². The van der Waals surface area contributed by atoms with Crippen molar-refractivity contribution in [2.75, 3.05) is 13.2 Å². The van der Waals surface area contributed by atoms with E-state index in [1.165, 1.54) is 0 Å². The minimum atomic E-state index is -3.56. The van der Waals surface area contributed by atoms with Crippen LogP contribution in [0.15, 0.2) is 0 Å². The molecule has 0 radical (unpaired) electrons. The van der Waals surface area contributed by atoms with Gasteiger partial charge in [-0.2, -0.15) is 0 Å². The Hall–Kier alpha value is -0.220. The summed E-state index contributed by atoms with van der Waals surface area (Å²) in [6, 6.07) is 0. The van der Waals surface area contributed by atoms with Gasteiger partial charge in [0, 0.05) is 6.42 Å². The maximum atomic E-state index is 12.2. The second-order valence-corrected chi connectivity index (χ2v) is 5.88. The summed E-state index contributed by atoms with van der Waals surface area (Å²) in [6.07, 6.45) is 1.74. The van der Waals surface area contributed by atoms with Crippen LogP contribution in [0.4, 0.5) is 0 Å². The van der Waals surface area contributed by atoms with E-state index in [1.807, 2.05) is 0 Å². The molecule has 1 rings (SSSR count). The second kappa shape index (κ2) is 5.92. The zero-order valence-corrected chi connectivity index (χ0v) is 10.6. The lowest BCUT2D eigenvalue weighted by atomic mass is 10.1. The van der Waals surface area contributed by atoms with Gasteiger partial charge in [0.1, 0.15) is 5.78 Å². The van der Waals surface area contributed by atoms with Gasteiger partial charge >= 0.3 is 7.60 Å². The Kier molecular flexibility index (Phi) is 5.12. The maximum Gasteiger partial charge on any atom is 0.359 e. The van der Waals surface area contributed by atoms with Crippen molar-refractivity contribution in [1.29, 1.82) is 0 Å². The van der Waals surface area contributed by atoms with Gasteiger partial charge in [-0.25, -0.2) is 0 Å². The predicted molar refractivity (Wildman–Crippen MR) is 59.2 cm³/mol. The lowest BCUT2D eigenvalue weighted by molar-refractivity contribution is -0.122. The number of aliphatic hydroxyl groups excluding tert-OH is 1. The number of carbonyl (C=O) groups is 1. The standard InChI is InChI=1S/C10H19O5P/c1-3-14-16(13,15-4-2)10(12)8-6-5-7-9(8)11/h8,10,12H,3-7H2,1-2H3/t8-,10-/m0/s1. The first-order valence-corrected chi connectivity index (χ1v) is 7.26. The highest BCUT2D eigenvalue weighted by atomic mass is 31.2. The summed E-state index contributed by atoms with van der Waals surface area (Å²) in [5.41, 5.74) is 0. The molecule has 1 aliphatic carbocycles. The molecule has 1 fully saturated rings. The zero-order chi connectivity index (χ0) is 12.2. The van der Waals surface area contributed by atoms with Gasteiger partial charge in [-0.15, -0.1) is 0 Å². The molecule has 2 atom stereocenters. The maximum absolute atomic E-state index is 12.2. The molecule has 6 heteroatoms. The van der Waals surface area contributed by atoms with E-state index in [1.54, 1.807) is 13.8 Å². The van der Waals surface area contributed by atoms with Crippen LogP contribution in [0, 0.1) is 5.92 Å².